The van der Waals surface area contributed by atoms with Crippen molar-refractivity contribution in [1.29, 1.82) is 0 Å². The van der Waals surface area contributed by atoms with Crippen LogP contribution in [0.15, 0.2) is 52.4 Å². The van der Waals surface area contributed by atoms with Gasteiger partial charge < -0.3 is 9.63 Å². The molecular weight excluding hydrogens is 308 g/mol. The van der Waals surface area contributed by atoms with Gasteiger partial charge in [0.15, 0.2) is 5.58 Å². The van der Waals surface area contributed by atoms with Crippen LogP contribution in [0, 0.1) is 6.92 Å². The monoisotopic (exact) mass is 322 g/mol. The Labute approximate surface area is 137 Å². The van der Waals surface area contributed by atoms with E-state index < -0.39 is 0 Å². The molecule has 0 bridgehead atoms. The molecule has 23 heavy (non-hydrogen) atoms. The van der Waals surface area contributed by atoms with Gasteiger partial charge in [-0.15, -0.1) is 11.3 Å². The van der Waals surface area contributed by atoms with Crippen molar-refractivity contribution in [1.82, 2.24) is 10.1 Å². The fourth-order valence-electron chi connectivity index (χ4n) is 2.63. The molecule has 1 aromatic carbocycles. The summed E-state index contributed by atoms with van der Waals surface area (Å²) in [4.78, 5) is 5.81. The lowest BCUT2D eigenvalue weighted by Gasteiger charge is -2.06. The van der Waals surface area contributed by atoms with Crippen LogP contribution >= 0.6 is 11.3 Å². The molecule has 4 aromatic rings. The van der Waals surface area contributed by atoms with Gasteiger partial charge in [0.1, 0.15) is 11.2 Å². The number of thiophene rings is 1. The first-order valence-electron chi connectivity index (χ1n) is 7.27. The third kappa shape index (κ3) is 2.44. The summed E-state index contributed by atoms with van der Waals surface area (Å²) in [6, 6.07) is 13.9. The molecule has 0 saturated carbocycles. The predicted octanol–water partition coefficient (Wildman–Crippen LogP) is 4.42. The molecule has 0 atom stereocenters. The zero-order valence-electron chi connectivity index (χ0n) is 12.5. The average molecular weight is 322 g/mol. The Kier molecular flexibility index (Phi) is 3.44. The lowest BCUT2D eigenvalue weighted by atomic mass is 10.0. The van der Waals surface area contributed by atoms with E-state index >= 15 is 0 Å². The van der Waals surface area contributed by atoms with Crippen LogP contribution in [0.5, 0.6) is 0 Å². The quantitative estimate of drug-likeness (QED) is 0.606. The molecule has 0 aliphatic rings. The lowest BCUT2D eigenvalue weighted by Crippen LogP contribution is -1.89. The minimum Gasteiger partial charge on any atom is -0.392 e. The number of nitrogens with zero attached hydrogens (tertiary/aromatic N) is 2. The molecule has 0 unspecified atom stereocenters. The van der Waals surface area contributed by atoms with Gasteiger partial charge in [-0.2, -0.15) is 0 Å². The molecule has 3 aromatic heterocycles. The largest absolute Gasteiger partial charge is 0.392 e. The topological polar surface area (TPSA) is 59.2 Å². The van der Waals surface area contributed by atoms with Crippen LogP contribution < -0.4 is 0 Å². The van der Waals surface area contributed by atoms with E-state index in [0.29, 0.717) is 5.58 Å². The van der Waals surface area contributed by atoms with Gasteiger partial charge in [0.25, 0.3) is 0 Å². The maximum atomic E-state index is 9.38. The van der Waals surface area contributed by atoms with E-state index in [2.05, 4.69) is 11.2 Å². The molecular formula is C18H14N2O2S. The second kappa shape index (κ2) is 5.61. The highest BCUT2D eigenvalue weighted by atomic mass is 32.1. The van der Waals surface area contributed by atoms with Crippen LogP contribution in [0.25, 0.3) is 32.8 Å². The maximum absolute atomic E-state index is 9.38. The highest BCUT2D eigenvalue weighted by Crippen LogP contribution is 2.34. The molecule has 114 valence electrons. The van der Waals surface area contributed by atoms with E-state index in [-0.39, 0.29) is 6.61 Å². The molecule has 0 radical (unpaired) electrons. The number of pyridine rings is 1. The zero-order valence-corrected chi connectivity index (χ0v) is 13.3. The summed E-state index contributed by atoms with van der Waals surface area (Å²) in [6.07, 6.45) is 0. The number of aliphatic hydroxyl groups is 1. The number of hydrogen-bond acceptors (Lipinski definition) is 5. The van der Waals surface area contributed by atoms with Gasteiger partial charge in [0.2, 0.25) is 0 Å². The highest BCUT2D eigenvalue weighted by molar-refractivity contribution is 7.13. The van der Waals surface area contributed by atoms with Gasteiger partial charge in [-0.25, -0.2) is 4.98 Å². The zero-order chi connectivity index (χ0) is 15.8. The smallest absolute Gasteiger partial charge is 0.193 e. The number of fused-ring (bicyclic) bond motifs is 1. The molecule has 0 fully saturated rings. The van der Waals surface area contributed by atoms with Crippen molar-refractivity contribution in [3.63, 3.8) is 0 Å². The van der Waals surface area contributed by atoms with Crippen LogP contribution in [0.3, 0.4) is 0 Å². The van der Waals surface area contributed by atoms with Crippen LogP contribution in [0.2, 0.25) is 0 Å². The maximum Gasteiger partial charge on any atom is 0.193 e. The van der Waals surface area contributed by atoms with Crippen molar-refractivity contribution in [3.05, 3.63) is 59.1 Å². The Bertz CT molecular complexity index is 974. The number of aromatic nitrogens is 2. The Morgan fingerprint density at radius 2 is 2.09 bits per heavy atom. The van der Waals surface area contributed by atoms with Crippen LogP contribution in [0.1, 0.15) is 11.3 Å². The summed E-state index contributed by atoms with van der Waals surface area (Å²) in [7, 11) is 0. The van der Waals surface area contributed by atoms with Gasteiger partial charge >= 0.3 is 0 Å². The molecule has 0 spiro atoms. The number of hydrogen-bond donors (Lipinski definition) is 1. The van der Waals surface area contributed by atoms with Crippen molar-refractivity contribution >= 4 is 22.4 Å². The van der Waals surface area contributed by atoms with E-state index in [9.17, 15) is 5.11 Å². The Balaban J connectivity index is 2.00. The van der Waals surface area contributed by atoms with E-state index in [4.69, 9.17) is 9.51 Å². The number of benzene rings is 1. The molecule has 3 heterocycles. The van der Waals surface area contributed by atoms with Crippen molar-refractivity contribution in [2.75, 3.05) is 0 Å². The van der Waals surface area contributed by atoms with Gasteiger partial charge in [0, 0.05) is 5.56 Å². The SMILES string of the molecule is Cc1noc2c(-c3cccc(CO)c3)cc(-c3cccs3)nc12. The molecule has 0 aliphatic carbocycles. The van der Waals surface area contributed by atoms with E-state index in [1.54, 1.807) is 11.3 Å². The molecule has 0 amide bonds. The minimum atomic E-state index is 0.00921. The summed E-state index contributed by atoms with van der Waals surface area (Å²) in [5.74, 6) is 0. The first kappa shape index (κ1) is 14.1. The Morgan fingerprint density at radius 3 is 2.87 bits per heavy atom. The van der Waals surface area contributed by atoms with Crippen LogP contribution in [0.4, 0.5) is 0 Å². The van der Waals surface area contributed by atoms with E-state index in [1.807, 2.05) is 48.7 Å². The minimum absolute atomic E-state index is 0.00921. The molecule has 4 nitrogen and oxygen atoms in total. The lowest BCUT2D eigenvalue weighted by molar-refractivity contribution is 0.282. The summed E-state index contributed by atoms with van der Waals surface area (Å²) >= 11 is 1.65. The first-order chi connectivity index (χ1) is 11.3. The van der Waals surface area contributed by atoms with Crippen molar-refractivity contribution in [2.24, 2.45) is 0 Å². The second-order valence-electron chi connectivity index (χ2n) is 5.34. The molecule has 0 aliphatic heterocycles. The second-order valence-corrected chi connectivity index (χ2v) is 6.28. The fraction of sp³-hybridized carbons (Fsp3) is 0.111. The number of aryl methyl sites for hydroxylation is 1. The Morgan fingerprint density at radius 1 is 1.17 bits per heavy atom. The fourth-order valence-corrected chi connectivity index (χ4v) is 3.32. The normalized spacial score (nSPS) is 11.2. The van der Waals surface area contributed by atoms with Gasteiger partial charge in [-0.05, 0) is 41.6 Å². The van der Waals surface area contributed by atoms with Gasteiger partial charge in [-0.3, -0.25) is 0 Å². The van der Waals surface area contributed by atoms with Gasteiger partial charge in [-0.1, -0.05) is 29.4 Å². The summed E-state index contributed by atoms with van der Waals surface area (Å²) in [6.45, 7) is 1.90. The van der Waals surface area contributed by atoms with Crippen LogP contribution in [-0.2, 0) is 6.61 Å². The average Bonchev–Trinajstić information content (AvgIpc) is 3.25. The molecule has 1 N–H and O–H groups in total. The summed E-state index contributed by atoms with van der Waals surface area (Å²) in [5.41, 5.74) is 5.92. The van der Waals surface area contributed by atoms with Crippen molar-refractivity contribution in [2.45, 2.75) is 13.5 Å². The van der Waals surface area contributed by atoms with E-state index in [0.717, 1.165) is 38.5 Å². The predicted molar refractivity (Wildman–Crippen MR) is 91.2 cm³/mol. The summed E-state index contributed by atoms with van der Waals surface area (Å²) in [5, 5.41) is 15.5. The third-order valence-corrected chi connectivity index (χ3v) is 4.68. The molecule has 5 heteroatoms. The van der Waals surface area contributed by atoms with Crippen molar-refractivity contribution in [3.8, 4) is 21.7 Å². The number of aliphatic hydroxyl groups excluding tert-OH is 1. The highest BCUT2D eigenvalue weighted by Gasteiger charge is 2.16. The summed E-state index contributed by atoms with van der Waals surface area (Å²) < 4.78 is 5.51. The Hall–Kier alpha value is -2.50. The van der Waals surface area contributed by atoms with Crippen LogP contribution in [-0.4, -0.2) is 15.2 Å². The molecule has 0 saturated heterocycles. The molecule has 4 rings (SSSR count). The first-order valence-corrected chi connectivity index (χ1v) is 8.15. The van der Waals surface area contributed by atoms with Crippen molar-refractivity contribution < 1.29 is 9.63 Å². The van der Waals surface area contributed by atoms with E-state index in [1.165, 1.54) is 0 Å². The standard InChI is InChI=1S/C18H14N2O2S/c1-11-17-18(22-20-11)14(13-5-2-4-12(8-13)10-21)9-15(19-17)16-6-3-7-23-16/h2-9,21H,10H2,1H3. The third-order valence-electron chi connectivity index (χ3n) is 3.78. The van der Waals surface area contributed by atoms with Gasteiger partial charge in [0.05, 0.1) is 17.2 Å². The number of rotatable bonds is 3.